The molecule has 0 N–H and O–H groups in total. The monoisotopic (exact) mass is 307 g/mol. The molecular formula is C14H18BrN3. The Balaban J connectivity index is 2.25. The van der Waals surface area contributed by atoms with E-state index in [9.17, 15) is 0 Å². The summed E-state index contributed by atoms with van der Waals surface area (Å²) in [6.45, 7) is 5.56. The van der Waals surface area contributed by atoms with Gasteiger partial charge >= 0.3 is 0 Å². The molecule has 0 saturated carbocycles. The molecule has 1 aromatic carbocycles. The highest BCUT2D eigenvalue weighted by Crippen LogP contribution is 2.26. The van der Waals surface area contributed by atoms with Crippen LogP contribution in [0.15, 0.2) is 22.7 Å². The minimum atomic E-state index is 0.498. The van der Waals surface area contributed by atoms with Crippen LogP contribution in [0.4, 0.5) is 5.69 Å². The SMILES string of the molecule is CC1CN(C)CCCN1c1ccc(C#N)c(Br)c1. The molecule has 1 fully saturated rings. The Labute approximate surface area is 117 Å². The molecule has 1 aliphatic heterocycles. The minimum absolute atomic E-state index is 0.498. The molecule has 3 nitrogen and oxygen atoms in total. The molecule has 4 heteroatoms. The fraction of sp³-hybridized carbons (Fsp3) is 0.500. The molecule has 0 aromatic heterocycles. The van der Waals surface area contributed by atoms with Crippen molar-refractivity contribution in [2.75, 3.05) is 31.6 Å². The number of rotatable bonds is 1. The zero-order chi connectivity index (χ0) is 13.1. The fourth-order valence-electron chi connectivity index (χ4n) is 2.53. The first-order valence-electron chi connectivity index (χ1n) is 6.26. The summed E-state index contributed by atoms with van der Waals surface area (Å²) < 4.78 is 0.882. The molecule has 1 saturated heterocycles. The summed E-state index contributed by atoms with van der Waals surface area (Å²) in [4.78, 5) is 4.80. The van der Waals surface area contributed by atoms with Gasteiger partial charge in [0.2, 0.25) is 0 Å². The van der Waals surface area contributed by atoms with Crippen molar-refractivity contribution in [1.29, 1.82) is 5.26 Å². The number of likely N-dealkylation sites (N-methyl/N-ethyl adjacent to an activating group) is 1. The van der Waals surface area contributed by atoms with E-state index in [4.69, 9.17) is 5.26 Å². The molecule has 1 heterocycles. The lowest BCUT2D eigenvalue weighted by atomic mass is 10.1. The van der Waals surface area contributed by atoms with Crippen molar-refractivity contribution in [3.63, 3.8) is 0 Å². The molecule has 0 amide bonds. The van der Waals surface area contributed by atoms with Crippen LogP contribution in [0.1, 0.15) is 18.9 Å². The third-order valence-electron chi connectivity index (χ3n) is 3.45. The topological polar surface area (TPSA) is 30.3 Å². The van der Waals surface area contributed by atoms with Gasteiger partial charge in [-0.15, -0.1) is 0 Å². The molecule has 96 valence electrons. The maximum Gasteiger partial charge on any atom is 0.100 e. The van der Waals surface area contributed by atoms with E-state index in [1.807, 2.05) is 12.1 Å². The van der Waals surface area contributed by atoms with Crippen molar-refractivity contribution in [2.24, 2.45) is 0 Å². The van der Waals surface area contributed by atoms with Gasteiger partial charge in [-0.05, 0) is 61.1 Å². The van der Waals surface area contributed by atoms with Crippen LogP contribution in [0.2, 0.25) is 0 Å². The molecule has 1 unspecified atom stereocenters. The van der Waals surface area contributed by atoms with Gasteiger partial charge in [0.25, 0.3) is 0 Å². The van der Waals surface area contributed by atoms with Crippen molar-refractivity contribution >= 4 is 21.6 Å². The number of benzene rings is 1. The van der Waals surface area contributed by atoms with Gasteiger partial charge in [0.15, 0.2) is 0 Å². The predicted molar refractivity (Wildman–Crippen MR) is 77.8 cm³/mol. The largest absolute Gasteiger partial charge is 0.367 e. The van der Waals surface area contributed by atoms with E-state index in [2.05, 4.69) is 51.8 Å². The standard InChI is InChI=1S/C14H18BrN3/c1-11-10-17(2)6-3-7-18(11)13-5-4-12(9-16)14(15)8-13/h4-5,8,11H,3,6-7,10H2,1-2H3. The second-order valence-corrected chi connectivity index (χ2v) is 5.79. The quantitative estimate of drug-likeness (QED) is 0.799. The van der Waals surface area contributed by atoms with Crippen LogP contribution in [-0.4, -0.2) is 37.6 Å². The van der Waals surface area contributed by atoms with Crippen molar-refractivity contribution in [3.8, 4) is 6.07 Å². The second-order valence-electron chi connectivity index (χ2n) is 4.93. The molecular weight excluding hydrogens is 290 g/mol. The molecule has 18 heavy (non-hydrogen) atoms. The fourth-order valence-corrected chi connectivity index (χ4v) is 2.98. The van der Waals surface area contributed by atoms with E-state index in [0.717, 1.165) is 24.1 Å². The van der Waals surface area contributed by atoms with Crippen molar-refractivity contribution in [3.05, 3.63) is 28.2 Å². The summed E-state index contributed by atoms with van der Waals surface area (Å²) >= 11 is 3.47. The highest BCUT2D eigenvalue weighted by Gasteiger charge is 2.20. The second kappa shape index (κ2) is 5.73. The average molecular weight is 308 g/mol. The smallest absolute Gasteiger partial charge is 0.100 e. The molecule has 0 radical (unpaired) electrons. The number of hydrogen-bond acceptors (Lipinski definition) is 3. The number of anilines is 1. The van der Waals surface area contributed by atoms with Gasteiger partial charge < -0.3 is 9.80 Å². The number of halogens is 1. The van der Waals surface area contributed by atoms with Crippen LogP contribution < -0.4 is 4.90 Å². The van der Waals surface area contributed by atoms with E-state index >= 15 is 0 Å². The number of nitriles is 1. The highest BCUT2D eigenvalue weighted by atomic mass is 79.9. The molecule has 0 spiro atoms. The molecule has 0 aliphatic carbocycles. The van der Waals surface area contributed by atoms with Crippen LogP contribution in [-0.2, 0) is 0 Å². The lowest BCUT2D eigenvalue weighted by Crippen LogP contribution is -2.37. The van der Waals surface area contributed by atoms with E-state index in [1.54, 1.807) is 0 Å². The summed E-state index contributed by atoms with van der Waals surface area (Å²) in [5, 5.41) is 8.95. The molecule has 1 atom stereocenters. The van der Waals surface area contributed by atoms with Crippen molar-refractivity contribution in [1.82, 2.24) is 4.90 Å². The zero-order valence-electron chi connectivity index (χ0n) is 10.9. The Morgan fingerprint density at radius 2 is 2.17 bits per heavy atom. The van der Waals surface area contributed by atoms with Crippen LogP contribution in [0.25, 0.3) is 0 Å². The van der Waals surface area contributed by atoms with Gasteiger partial charge in [0.1, 0.15) is 6.07 Å². The number of hydrogen-bond donors (Lipinski definition) is 0. The van der Waals surface area contributed by atoms with E-state index in [-0.39, 0.29) is 0 Å². The number of nitrogens with zero attached hydrogens (tertiary/aromatic N) is 3. The van der Waals surface area contributed by atoms with Gasteiger partial charge in [-0.1, -0.05) is 0 Å². The molecule has 2 rings (SSSR count). The van der Waals surface area contributed by atoms with Gasteiger partial charge in [0, 0.05) is 29.3 Å². The zero-order valence-corrected chi connectivity index (χ0v) is 12.4. The summed E-state index contributed by atoms with van der Waals surface area (Å²) in [5.41, 5.74) is 1.89. The first-order chi connectivity index (χ1) is 8.61. The van der Waals surface area contributed by atoms with Gasteiger partial charge in [-0.3, -0.25) is 0 Å². The Morgan fingerprint density at radius 3 is 2.83 bits per heavy atom. The van der Waals surface area contributed by atoms with Gasteiger partial charge in [-0.2, -0.15) is 5.26 Å². The summed E-state index contributed by atoms with van der Waals surface area (Å²) in [7, 11) is 2.18. The van der Waals surface area contributed by atoms with Crippen LogP contribution >= 0.6 is 15.9 Å². The first kappa shape index (κ1) is 13.4. The maximum absolute atomic E-state index is 8.95. The third kappa shape index (κ3) is 2.85. The summed E-state index contributed by atoms with van der Waals surface area (Å²) in [6.07, 6.45) is 1.18. The summed E-state index contributed by atoms with van der Waals surface area (Å²) in [5.74, 6) is 0. The Hall–Kier alpha value is -1.05. The van der Waals surface area contributed by atoms with Crippen LogP contribution in [0, 0.1) is 11.3 Å². The maximum atomic E-state index is 8.95. The van der Waals surface area contributed by atoms with Crippen molar-refractivity contribution < 1.29 is 0 Å². The van der Waals surface area contributed by atoms with Gasteiger partial charge in [0.05, 0.1) is 5.56 Å². The normalized spacial score (nSPS) is 21.4. The molecule has 0 bridgehead atoms. The Kier molecular flexibility index (Phi) is 4.26. The van der Waals surface area contributed by atoms with Crippen molar-refractivity contribution in [2.45, 2.75) is 19.4 Å². The lowest BCUT2D eigenvalue weighted by Gasteiger charge is -2.30. The minimum Gasteiger partial charge on any atom is -0.367 e. The highest BCUT2D eigenvalue weighted by molar-refractivity contribution is 9.10. The Bertz CT molecular complexity index is 467. The van der Waals surface area contributed by atoms with Crippen LogP contribution in [0.5, 0.6) is 0 Å². The lowest BCUT2D eigenvalue weighted by molar-refractivity contribution is 0.337. The van der Waals surface area contributed by atoms with Crippen LogP contribution in [0.3, 0.4) is 0 Å². The average Bonchev–Trinajstić information content (AvgIpc) is 2.50. The first-order valence-corrected chi connectivity index (χ1v) is 7.06. The van der Waals surface area contributed by atoms with E-state index in [1.165, 1.54) is 12.1 Å². The summed E-state index contributed by atoms with van der Waals surface area (Å²) in [6, 6.07) is 8.67. The molecule has 1 aromatic rings. The Morgan fingerprint density at radius 1 is 1.39 bits per heavy atom. The van der Waals surface area contributed by atoms with E-state index < -0.39 is 0 Å². The van der Waals surface area contributed by atoms with Gasteiger partial charge in [-0.25, -0.2) is 0 Å². The predicted octanol–water partition coefficient (Wildman–Crippen LogP) is 2.85. The molecule has 1 aliphatic rings. The third-order valence-corrected chi connectivity index (χ3v) is 4.11. The van der Waals surface area contributed by atoms with E-state index in [0.29, 0.717) is 11.6 Å².